The maximum Gasteiger partial charge on any atom is 0.407 e. The van der Waals surface area contributed by atoms with Crippen LogP contribution in [0.5, 0.6) is 0 Å². The SMILES string of the molecule is CC(C)CC(NC(=O)OCC1c2ccccc2-c2ccccc21)C(=O)N1CC(C)C(C)(C(=O)O)C1. The van der Waals surface area contributed by atoms with Crippen molar-refractivity contribution in [2.75, 3.05) is 19.7 Å². The highest BCUT2D eigenvalue weighted by Gasteiger charge is 2.48. The fraction of sp³-hybridized carbons (Fsp3) is 0.464. The molecule has 1 aliphatic heterocycles. The molecule has 1 fully saturated rings. The Kier molecular flexibility index (Phi) is 6.88. The van der Waals surface area contributed by atoms with E-state index in [0.717, 1.165) is 22.3 Å². The summed E-state index contributed by atoms with van der Waals surface area (Å²) in [6.07, 6.45) is -0.198. The van der Waals surface area contributed by atoms with Crippen LogP contribution in [0, 0.1) is 17.3 Å². The zero-order valence-electron chi connectivity index (χ0n) is 20.8. The normalized spacial score (nSPS) is 22.0. The summed E-state index contributed by atoms with van der Waals surface area (Å²) >= 11 is 0. The lowest BCUT2D eigenvalue weighted by molar-refractivity contribution is -0.149. The van der Waals surface area contributed by atoms with Crippen molar-refractivity contribution in [1.82, 2.24) is 10.2 Å². The lowest BCUT2D eigenvalue weighted by atomic mass is 9.81. The summed E-state index contributed by atoms with van der Waals surface area (Å²) in [5.41, 5.74) is 3.54. The van der Waals surface area contributed by atoms with E-state index in [-0.39, 0.29) is 36.8 Å². The molecule has 0 radical (unpaired) electrons. The molecular formula is C28H34N2O5. The van der Waals surface area contributed by atoms with Crippen LogP contribution in [0.3, 0.4) is 0 Å². The number of alkyl carbamates (subject to hydrolysis) is 1. The molecule has 35 heavy (non-hydrogen) atoms. The van der Waals surface area contributed by atoms with Gasteiger partial charge in [0.05, 0.1) is 5.41 Å². The summed E-state index contributed by atoms with van der Waals surface area (Å²) in [6, 6.07) is 15.5. The van der Waals surface area contributed by atoms with Crippen LogP contribution in [0.25, 0.3) is 11.1 Å². The van der Waals surface area contributed by atoms with Crippen LogP contribution in [0.4, 0.5) is 4.79 Å². The predicted molar refractivity (Wildman–Crippen MR) is 133 cm³/mol. The smallest absolute Gasteiger partial charge is 0.407 e. The van der Waals surface area contributed by atoms with Crippen molar-refractivity contribution in [3.05, 3.63) is 59.7 Å². The Morgan fingerprint density at radius 2 is 1.66 bits per heavy atom. The topological polar surface area (TPSA) is 95.9 Å². The fourth-order valence-corrected chi connectivity index (χ4v) is 5.29. The van der Waals surface area contributed by atoms with E-state index in [4.69, 9.17) is 4.74 Å². The third-order valence-corrected chi connectivity index (χ3v) is 7.54. The van der Waals surface area contributed by atoms with E-state index in [1.165, 1.54) is 0 Å². The molecular weight excluding hydrogens is 444 g/mol. The van der Waals surface area contributed by atoms with Crippen LogP contribution in [0.2, 0.25) is 0 Å². The maximum atomic E-state index is 13.3. The molecule has 1 saturated heterocycles. The molecule has 2 N–H and O–H groups in total. The van der Waals surface area contributed by atoms with Crippen molar-refractivity contribution < 1.29 is 24.2 Å². The highest BCUT2D eigenvalue weighted by molar-refractivity contribution is 5.87. The van der Waals surface area contributed by atoms with Crippen LogP contribution in [-0.2, 0) is 14.3 Å². The van der Waals surface area contributed by atoms with E-state index in [1.807, 2.05) is 45.0 Å². The highest BCUT2D eigenvalue weighted by Crippen LogP contribution is 2.44. The van der Waals surface area contributed by atoms with Crippen molar-refractivity contribution in [1.29, 1.82) is 0 Å². The molecule has 7 heteroatoms. The number of nitrogens with zero attached hydrogens (tertiary/aromatic N) is 1. The molecule has 0 saturated carbocycles. The van der Waals surface area contributed by atoms with Crippen molar-refractivity contribution in [2.24, 2.45) is 17.3 Å². The Morgan fingerprint density at radius 1 is 1.09 bits per heavy atom. The number of carbonyl (C=O) groups excluding carboxylic acids is 2. The summed E-state index contributed by atoms with van der Waals surface area (Å²) in [4.78, 5) is 39.5. The minimum Gasteiger partial charge on any atom is -0.481 e. The average Bonchev–Trinajstić information content (AvgIpc) is 3.31. The van der Waals surface area contributed by atoms with E-state index in [1.54, 1.807) is 11.8 Å². The number of carbonyl (C=O) groups is 3. The Hall–Kier alpha value is -3.35. The standard InChI is InChI=1S/C28H34N2O5/c1-17(2)13-24(25(31)30-14-18(3)28(4,16-30)26(32)33)29-27(34)35-15-23-21-11-7-5-9-19(21)20-10-6-8-12-22(20)23/h5-12,17-18,23-24H,13-16H2,1-4H3,(H,29,34)(H,32,33). The third kappa shape index (κ3) is 4.77. The first kappa shape index (κ1) is 24.8. The summed E-state index contributed by atoms with van der Waals surface area (Å²) in [6.45, 7) is 8.12. The molecule has 1 heterocycles. The number of carboxylic acid groups (broad SMARTS) is 1. The molecule has 1 aliphatic carbocycles. The van der Waals surface area contributed by atoms with Gasteiger partial charge in [-0.15, -0.1) is 0 Å². The van der Waals surface area contributed by atoms with Gasteiger partial charge in [0.15, 0.2) is 0 Å². The number of aliphatic carboxylic acids is 1. The van der Waals surface area contributed by atoms with Crippen molar-refractivity contribution in [3.8, 4) is 11.1 Å². The maximum absolute atomic E-state index is 13.3. The van der Waals surface area contributed by atoms with Gasteiger partial charge in [-0.2, -0.15) is 0 Å². The highest BCUT2D eigenvalue weighted by atomic mass is 16.5. The molecule has 7 nitrogen and oxygen atoms in total. The Bertz CT molecular complexity index is 1080. The first-order valence-electron chi connectivity index (χ1n) is 12.3. The lowest BCUT2D eigenvalue weighted by Gasteiger charge is -2.26. The summed E-state index contributed by atoms with van der Waals surface area (Å²) in [7, 11) is 0. The van der Waals surface area contributed by atoms with E-state index in [0.29, 0.717) is 13.0 Å². The van der Waals surface area contributed by atoms with Gasteiger partial charge in [-0.3, -0.25) is 9.59 Å². The van der Waals surface area contributed by atoms with E-state index in [9.17, 15) is 19.5 Å². The van der Waals surface area contributed by atoms with E-state index >= 15 is 0 Å². The first-order valence-corrected chi connectivity index (χ1v) is 12.3. The number of hydrogen-bond acceptors (Lipinski definition) is 4. The largest absolute Gasteiger partial charge is 0.481 e. The van der Waals surface area contributed by atoms with Gasteiger partial charge < -0.3 is 20.1 Å². The summed E-state index contributed by atoms with van der Waals surface area (Å²) in [5.74, 6) is -1.26. The van der Waals surface area contributed by atoms with Crippen molar-refractivity contribution in [3.63, 3.8) is 0 Å². The van der Waals surface area contributed by atoms with Gasteiger partial charge in [0.25, 0.3) is 0 Å². The number of fused-ring (bicyclic) bond motifs is 3. The van der Waals surface area contributed by atoms with Crippen LogP contribution in [0.1, 0.15) is 51.2 Å². The number of carboxylic acids is 1. The van der Waals surface area contributed by atoms with Gasteiger partial charge in [0.1, 0.15) is 12.6 Å². The minimum atomic E-state index is -0.998. The van der Waals surface area contributed by atoms with Gasteiger partial charge in [-0.25, -0.2) is 4.79 Å². The fourth-order valence-electron chi connectivity index (χ4n) is 5.29. The average molecular weight is 479 g/mol. The second kappa shape index (κ2) is 9.72. The molecule has 2 aromatic rings. The molecule has 0 spiro atoms. The zero-order valence-corrected chi connectivity index (χ0v) is 20.8. The lowest BCUT2D eigenvalue weighted by Crippen LogP contribution is -2.49. The summed E-state index contributed by atoms with van der Waals surface area (Å²) < 4.78 is 5.65. The molecule has 3 atom stereocenters. The molecule has 4 rings (SSSR count). The third-order valence-electron chi connectivity index (χ3n) is 7.54. The molecule has 186 valence electrons. The first-order chi connectivity index (χ1) is 16.6. The quantitative estimate of drug-likeness (QED) is 0.611. The number of ether oxygens (including phenoxy) is 1. The molecule has 0 bridgehead atoms. The van der Waals surface area contributed by atoms with Crippen molar-refractivity contribution in [2.45, 2.75) is 46.1 Å². The Balaban J connectivity index is 1.44. The second-order valence-electron chi connectivity index (χ2n) is 10.5. The van der Waals surface area contributed by atoms with Gasteiger partial charge >= 0.3 is 12.1 Å². The van der Waals surface area contributed by atoms with Gasteiger partial charge in [0, 0.05) is 19.0 Å². The van der Waals surface area contributed by atoms with Crippen molar-refractivity contribution >= 4 is 18.0 Å². The van der Waals surface area contributed by atoms with Gasteiger partial charge in [-0.05, 0) is 47.4 Å². The van der Waals surface area contributed by atoms with E-state index in [2.05, 4.69) is 29.6 Å². The predicted octanol–water partition coefficient (Wildman–Crippen LogP) is 4.51. The molecule has 0 aromatic heterocycles. The number of nitrogens with one attached hydrogen (secondary N) is 1. The van der Waals surface area contributed by atoms with E-state index < -0.39 is 23.5 Å². The van der Waals surface area contributed by atoms with Crippen LogP contribution < -0.4 is 5.32 Å². The monoisotopic (exact) mass is 478 g/mol. The second-order valence-corrected chi connectivity index (χ2v) is 10.5. The molecule has 2 amide bonds. The number of amides is 2. The molecule has 3 unspecified atom stereocenters. The zero-order chi connectivity index (χ0) is 25.3. The van der Waals surface area contributed by atoms with Crippen LogP contribution in [-0.4, -0.2) is 53.7 Å². The molecule has 2 aromatic carbocycles. The Morgan fingerprint density at radius 3 is 2.17 bits per heavy atom. The number of likely N-dealkylation sites (tertiary alicyclic amines) is 1. The van der Waals surface area contributed by atoms with Crippen LogP contribution >= 0.6 is 0 Å². The number of rotatable bonds is 7. The molecule has 2 aliphatic rings. The minimum absolute atomic E-state index is 0.0666. The summed E-state index contributed by atoms with van der Waals surface area (Å²) in [5, 5.41) is 12.4. The Labute approximate surface area is 206 Å². The van der Waals surface area contributed by atoms with Gasteiger partial charge in [0.2, 0.25) is 5.91 Å². The number of benzene rings is 2. The number of hydrogen-bond donors (Lipinski definition) is 2. The van der Waals surface area contributed by atoms with Gasteiger partial charge in [-0.1, -0.05) is 69.3 Å². The van der Waals surface area contributed by atoms with Crippen LogP contribution in [0.15, 0.2) is 48.5 Å².